The van der Waals surface area contributed by atoms with Gasteiger partial charge in [0.2, 0.25) is 0 Å². The van der Waals surface area contributed by atoms with Gasteiger partial charge in [0.1, 0.15) is 11.4 Å². The summed E-state index contributed by atoms with van der Waals surface area (Å²) in [5.41, 5.74) is 0.387. The fourth-order valence-electron chi connectivity index (χ4n) is 1.63. The Kier molecular flexibility index (Phi) is 4.84. The lowest BCUT2D eigenvalue weighted by molar-refractivity contribution is -0.152. The lowest BCUT2D eigenvalue weighted by Gasteiger charge is -2.32. The van der Waals surface area contributed by atoms with Crippen molar-refractivity contribution < 1.29 is 13.9 Å². The number of nitrogens with zero attached hydrogens (tertiary/aromatic N) is 1. The van der Waals surface area contributed by atoms with E-state index in [2.05, 4.69) is 0 Å². The van der Waals surface area contributed by atoms with Crippen molar-refractivity contribution in [2.45, 2.75) is 25.8 Å². The predicted octanol–water partition coefficient (Wildman–Crippen LogP) is 2.25. The number of hydrogen-bond acceptors (Lipinski definition) is 3. The predicted molar refractivity (Wildman–Crippen MR) is 68.8 cm³/mol. The van der Waals surface area contributed by atoms with E-state index in [-0.39, 0.29) is 11.8 Å². The molecular formula is C14H20FNO2. The molecule has 0 spiro atoms. The Labute approximate surface area is 108 Å². The topological polar surface area (TPSA) is 29.5 Å². The second-order valence-corrected chi connectivity index (χ2v) is 4.85. The van der Waals surface area contributed by atoms with E-state index in [4.69, 9.17) is 4.74 Å². The highest BCUT2D eigenvalue weighted by atomic mass is 19.1. The molecule has 1 aromatic carbocycles. The van der Waals surface area contributed by atoms with E-state index in [1.165, 1.54) is 19.2 Å². The normalized spacial score (nSPS) is 11.7. The quantitative estimate of drug-likeness (QED) is 0.754. The van der Waals surface area contributed by atoms with Crippen LogP contribution in [0.1, 0.15) is 19.4 Å². The van der Waals surface area contributed by atoms with Crippen LogP contribution in [0, 0.1) is 5.82 Å². The van der Waals surface area contributed by atoms with Crippen LogP contribution in [0.4, 0.5) is 4.39 Å². The third kappa shape index (κ3) is 3.53. The van der Waals surface area contributed by atoms with Crippen molar-refractivity contribution in [2.75, 3.05) is 20.7 Å². The molecule has 0 fully saturated rings. The maximum atomic E-state index is 12.8. The van der Waals surface area contributed by atoms with Crippen LogP contribution in [0.5, 0.6) is 0 Å². The van der Waals surface area contributed by atoms with E-state index in [0.717, 1.165) is 12.0 Å². The number of methoxy groups -OCH3 is 1. The molecule has 0 unspecified atom stereocenters. The van der Waals surface area contributed by atoms with Crippen molar-refractivity contribution in [1.29, 1.82) is 0 Å². The summed E-state index contributed by atoms with van der Waals surface area (Å²) in [6.45, 7) is 4.35. The number of carbonyl (C=O) groups is 1. The van der Waals surface area contributed by atoms with Crippen molar-refractivity contribution >= 4 is 5.97 Å². The number of hydrogen-bond donors (Lipinski definition) is 0. The Bertz CT molecular complexity index is 401. The van der Waals surface area contributed by atoms with Gasteiger partial charge in [-0.2, -0.15) is 0 Å². The van der Waals surface area contributed by atoms with Crippen molar-refractivity contribution in [2.24, 2.45) is 0 Å². The zero-order chi connectivity index (χ0) is 13.8. The van der Waals surface area contributed by atoms with Crippen molar-refractivity contribution in [3.05, 3.63) is 35.6 Å². The smallest absolute Gasteiger partial charge is 0.325 e. The van der Waals surface area contributed by atoms with Gasteiger partial charge in [-0.1, -0.05) is 12.1 Å². The summed E-state index contributed by atoms with van der Waals surface area (Å²) in [5, 5.41) is 0. The Balaban J connectivity index is 2.58. The molecule has 0 amide bonds. The summed E-state index contributed by atoms with van der Waals surface area (Å²) in [4.78, 5) is 13.6. The lowest BCUT2D eigenvalue weighted by Crippen LogP contribution is -2.49. The maximum Gasteiger partial charge on any atom is 0.325 e. The van der Waals surface area contributed by atoms with Crippen molar-refractivity contribution in [1.82, 2.24) is 4.90 Å². The first-order valence-electron chi connectivity index (χ1n) is 5.92. The average molecular weight is 253 g/mol. The highest BCUT2D eigenvalue weighted by molar-refractivity contribution is 5.79. The number of benzene rings is 1. The fourth-order valence-corrected chi connectivity index (χ4v) is 1.63. The molecule has 0 radical (unpaired) electrons. The molecule has 1 rings (SSSR count). The highest BCUT2D eigenvalue weighted by Crippen LogP contribution is 2.15. The third-order valence-electron chi connectivity index (χ3n) is 3.29. The minimum atomic E-state index is -0.658. The summed E-state index contributed by atoms with van der Waals surface area (Å²) in [5.74, 6) is -0.494. The Morgan fingerprint density at radius 3 is 2.39 bits per heavy atom. The monoisotopic (exact) mass is 253 g/mol. The van der Waals surface area contributed by atoms with Gasteiger partial charge in [-0.3, -0.25) is 9.69 Å². The van der Waals surface area contributed by atoms with Crippen LogP contribution in [0.25, 0.3) is 0 Å². The van der Waals surface area contributed by atoms with Gasteiger partial charge in [-0.05, 0) is 45.0 Å². The van der Waals surface area contributed by atoms with Crippen LogP contribution in [-0.4, -0.2) is 37.1 Å². The number of likely N-dealkylation sites (N-methyl/N-ethyl adjacent to an activating group) is 1. The van der Waals surface area contributed by atoms with Crippen LogP contribution in [0.2, 0.25) is 0 Å². The molecule has 0 aliphatic heterocycles. The number of esters is 1. The number of ether oxygens (including phenoxy) is 1. The molecule has 1 aromatic rings. The standard InChI is InChI=1S/C14H20FNO2/c1-14(2,13(17)18-4)16(3)10-9-11-5-7-12(15)8-6-11/h5-8H,9-10H2,1-4H3. The molecule has 100 valence electrons. The molecule has 0 bridgehead atoms. The van der Waals surface area contributed by atoms with Crippen LogP contribution >= 0.6 is 0 Å². The highest BCUT2D eigenvalue weighted by Gasteiger charge is 2.32. The molecule has 4 heteroatoms. The summed E-state index contributed by atoms with van der Waals surface area (Å²) in [6.07, 6.45) is 0.761. The first kappa shape index (κ1) is 14.6. The Morgan fingerprint density at radius 1 is 1.33 bits per heavy atom. The second kappa shape index (κ2) is 5.96. The van der Waals surface area contributed by atoms with Crippen LogP contribution in [0.3, 0.4) is 0 Å². The van der Waals surface area contributed by atoms with Crippen LogP contribution in [0.15, 0.2) is 24.3 Å². The van der Waals surface area contributed by atoms with Crippen molar-refractivity contribution in [3.63, 3.8) is 0 Å². The Morgan fingerprint density at radius 2 is 1.89 bits per heavy atom. The molecule has 18 heavy (non-hydrogen) atoms. The SMILES string of the molecule is COC(=O)C(C)(C)N(C)CCc1ccc(F)cc1. The third-order valence-corrected chi connectivity index (χ3v) is 3.29. The maximum absolute atomic E-state index is 12.8. The number of carbonyl (C=O) groups excluding carboxylic acids is 1. The van der Waals surface area contributed by atoms with Crippen molar-refractivity contribution in [3.8, 4) is 0 Å². The van der Waals surface area contributed by atoms with Gasteiger partial charge >= 0.3 is 5.97 Å². The summed E-state index contributed by atoms with van der Waals surface area (Å²) in [6, 6.07) is 6.41. The summed E-state index contributed by atoms with van der Waals surface area (Å²) in [7, 11) is 3.26. The molecule has 3 nitrogen and oxygen atoms in total. The van der Waals surface area contributed by atoms with Gasteiger partial charge in [0.15, 0.2) is 0 Å². The summed E-state index contributed by atoms with van der Waals surface area (Å²) < 4.78 is 17.5. The molecule has 0 heterocycles. The molecule has 0 aromatic heterocycles. The fraction of sp³-hybridized carbons (Fsp3) is 0.500. The average Bonchev–Trinajstić information content (AvgIpc) is 2.36. The Hall–Kier alpha value is -1.42. The largest absolute Gasteiger partial charge is 0.468 e. The molecule has 0 atom stereocenters. The van der Waals surface area contributed by atoms with E-state index in [1.54, 1.807) is 12.1 Å². The van der Waals surface area contributed by atoms with Gasteiger partial charge in [0, 0.05) is 6.54 Å². The van der Waals surface area contributed by atoms with Gasteiger partial charge < -0.3 is 4.74 Å². The molecule has 0 aliphatic rings. The molecule has 0 saturated carbocycles. The number of rotatable bonds is 5. The van der Waals surface area contributed by atoms with E-state index in [1.807, 2.05) is 25.8 Å². The van der Waals surface area contributed by atoms with Gasteiger partial charge in [-0.25, -0.2) is 4.39 Å². The lowest BCUT2D eigenvalue weighted by atomic mass is 10.0. The summed E-state index contributed by atoms with van der Waals surface area (Å²) >= 11 is 0. The first-order valence-corrected chi connectivity index (χ1v) is 5.92. The first-order chi connectivity index (χ1) is 8.37. The molecule has 0 saturated heterocycles. The molecule has 0 aliphatic carbocycles. The number of halogens is 1. The van der Waals surface area contributed by atoms with Gasteiger partial charge in [0.25, 0.3) is 0 Å². The second-order valence-electron chi connectivity index (χ2n) is 4.85. The van der Waals surface area contributed by atoms with Gasteiger partial charge in [0.05, 0.1) is 7.11 Å². The van der Waals surface area contributed by atoms with Gasteiger partial charge in [-0.15, -0.1) is 0 Å². The molecule has 0 N–H and O–H groups in total. The zero-order valence-corrected chi connectivity index (χ0v) is 11.4. The van der Waals surface area contributed by atoms with E-state index >= 15 is 0 Å². The van der Waals surface area contributed by atoms with Crippen LogP contribution in [-0.2, 0) is 16.0 Å². The molecular weight excluding hydrogens is 233 g/mol. The minimum Gasteiger partial charge on any atom is -0.468 e. The van der Waals surface area contributed by atoms with E-state index < -0.39 is 5.54 Å². The van der Waals surface area contributed by atoms with E-state index in [0.29, 0.717) is 6.54 Å². The minimum absolute atomic E-state index is 0.234. The van der Waals surface area contributed by atoms with Crippen LogP contribution < -0.4 is 0 Å². The van der Waals surface area contributed by atoms with E-state index in [9.17, 15) is 9.18 Å². The zero-order valence-electron chi connectivity index (χ0n) is 11.4.